The molecule has 0 fully saturated rings. The number of nitrogens with zero attached hydrogens (tertiary/aromatic N) is 2. The summed E-state index contributed by atoms with van der Waals surface area (Å²) in [6, 6.07) is 11.2. The molecular weight excluding hydrogens is 372 g/mol. The number of aliphatic imine (C=N–C) groups is 1. The van der Waals surface area contributed by atoms with Crippen LogP contribution >= 0.6 is 11.6 Å². The standard InChI is InChI=1S/C18H15ClN4O4/c1-10-15(17(24)21-13-5-7-14(8-6-13)23(26)27)16(22-18(25)20-10)11-3-2-4-12(19)9-11/h2-9,15-16H,1H3,(H,21,24)(H,22,25). The lowest BCUT2D eigenvalue weighted by Crippen LogP contribution is -2.45. The summed E-state index contributed by atoms with van der Waals surface area (Å²) in [7, 11) is 0. The van der Waals surface area contributed by atoms with Crippen LogP contribution in [-0.4, -0.2) is 22.6 Å². The average molecular weight is 387 g/mol. The third kappa shape index (κ3) is 4.12. The molecule has 2 N–H and O–H groups in total. The largest absolute Gasteiger partial charge is 0.341 e. The molecule has 9 heteroatoms. The minimum Gasteiger partial charge on any atom is -0.328 e. The predicted octanol–water partition coefficient (Wildman–Crippen LogP) is 3.73. The number of hydrogen-bond donors (Lipinski definition) is 2. The van der Waals surface area contributed by atoms with Crippen LogP contribution < -0.4 is 10.6 Å². The summed E-state index contributed by atoms with van der Waals surface area (Å²) in [5.41, 5.74) is 1.37. The third-order valence-corrected chi connectivity index (χ3v) is 4.41. The van der Waals surface area contributed by atoms with Crippen LogP contribution in [0.15, 0.2) is 53.5 Å². The molecule has 1 aliphatic heterocycles. The van der Waals surface area contributed by atoms with Crippen LogP contribution in [0.25, 0.3) is 0 Å². The van der Waals surface area contributed by atoms with Crippen molar-refractivity contribution < 1.29 is 14.5 Å². The lowest BCUT2D eigenvalue weighted by molar-refractivity contribution is -0.384. The number of carbonyl (C=O) groups excluding carboxylic acids is 2. The van der Waals surface area contributed by atoms with Crippen molar-refractivity contribution in [3.05, 3.63) is 69.2 Å². The first-order valence-electron chi connectivity index (χ1n) is 8.01. The van der Waals surface area contributed by atoms with Gasteiger partial charge < -0.3 is 10.6 Å². The van der Waals surface area contributed by atoms with Crippen molar-refractivity contribution in [2.45, 2.75) is 13.0 Å². The monoisotopic (exact) mass is 386 g/mol. The van der Waals surface area contributed by atoms with E-state index in [4.69, 9.17) is 11.6 Å². The van der Waals surface area contributed by atoms with E-state index in [1.54, 1.807) is 31.2 Å². The van der Waals surface area contributed by atoms with Gasteiger partial charge >= 0.3 is 6.03 Å². The van der Waals surface area contributed by atoms with Gasteiger partial charge in [0, 0.05) is 28.6 Å². The van der Waals surface area contributed by atoms with Crippen molar-refractivity contribution in [3.63, 3.8) is 0 Å². The first-order chi connectivity index (χ1) is 12.8. The average Bonchev–Trinajstić information content (AvgIpc) is 2.61. The Kier molecular flexibility index (Phi) is 5.18. The molecule has 0 bridgehead atoms. The van der Waals surface area contributed by atoms with Crippen molar-refractivity contribution >= 4 is 40.6 Å². The van der Waals surface area contributed by atoms with E-state index in [2.05, 4.69) is 15.6 Å². The molecule has 0 radical (unpaired) electrons. The molecular formula is C18H15ClN4O4. The van der Waals surface area contributed by atoms with Gasteiger partial charge in [0.2, 0.25) is 5.91 Å². The van der Waals surface area contributed by atoms with E-state index < -0.39 is 28.8 Å². The summed E-state index contributed by atoms with van der Waals surface area (Å²) in [6.45, 7) is 1.61. The van der Waals surface area contributed by atoms with Crippen molar-refractivity contribution in [2.24, 2.45) is 10.9 Å². The van der Waals surface area contributed by atoms with E-state index in [9.17, 15) is 19.7 Å². The molecule has 2 aromatic rings. The van der Waals surface area contributed by atoms with Gasteiger partial charge in [-0.05, 0) is 36.8 Å². The number of carbonyl (C=O) groups is 2. The molecule has 1 aliphatic rings. The van der Waals surface area contributed by atoms with E-state index >= 15 is 0 Å². The number of anilines is 1. The highest BCUT2D eigenvalue weighted by Crippen LogP contribution is 2.29. The maximum Gasteiger partial charge on any atom is 0.341 e. The van der Waals surface area contributed by atoms with Gasteiger partial charge in [-0.2, -0.15) is 0 Å². The number of rotatable bonds is 4. The van der Waals surface area contributed by atoms with E-state index in [0.717, 1.165) is 0 Å². The van der Waals surface area contributed by atoms with Gasteiger partial charge in [0.05, 0.1) is 11.0 Å². The molecule has 27 heavy (non-hydrogen) atoms. The number of nitro groups is 1. The van der Waals surface area contributed by atoms with Crippen molar-refractivity contribution in [3.8, 4) is 0 Å². The number of halogens is 1. The zero-order chi connectivity index (χ0) is 19.6. The van der Waals surface area contributed by atoms with Crippen LogP contribution in [0.5, 0.6) is 0 Å². The number of hydrogen-bond acceptors (Lipinski definition) is 4. The second kappa shape index (κ2) is 7.55. The second-order valence-electron chi connectivity index (χ2n) is 6.01. The van der Waals surface area contributed by atoms with Crippen LogP contribution in [0.2, 0.25) is 5.02 Å². The Morgan fingerprint density at radius 2 is 1.96 bits per heavy atom. The summed E-state index contributed by atoms with van der Waals surface area (Å²) >= 11 is 6.04. The lowest BCUT2D eigenvalue weighted by atomic mass is 9.87. The van der Waals surface area contributed by atoms with Crippen LogP contribution in [-0.2, 0) is 4.79 Å². The van der Waals surface area contributed by atoms with Gasteiger partial charge in [-0.1, -0.05) is 23.7 Å². The van der Waals surface area contributed by atoms with Crippen LogP contribution in [0, 0.1) is 16.0 Å². The molecule has 2 atom stereocenters. The number of nitro benzene ring substituents is 1. The fraction of sp³-hybridized carbons (Fsp3) is 0.167. The molecule has 0 spiro atoms. The summed E-state index contributed by atoms with van der Waals surface area (Å²) in [5.74, 6) is -1.15. The van der Waals surface area contributed by atoms with Crippen LogP contribution in [0.4, 0.5) is 16.2 Å². The van der Waals surface area contributed by atoms with Crippen molar-refractivity contribution in [1.82, 2.24) is 5.32 Å². The minimum absolute atomic E-state index is 0.0764. The summed E-state index contributed by atoms with van der Waals surface area (Å²) in [5, 5.41) is 16.6. The Hall–Kier alpha value is -3.26. The number of benzene rings is 2. The number of amides is 3. The Labute approximate surface area is 159 Å². The second-order valence-corrected chi connectivity index (χ2v) is 6.44. The maximum atomic E-state index is 12.9. The molecule has 8 nitrogen and oxygen atoms in total. The molecule has 0 aromatic heterocycles. The highest BCUT2D eigenvalue weighted by atomic mass is 35.5. The molecule has 0 saturated carbocycles. The van der Waals surface area contributed by atoms with Gasteiger partial charge in [0.1, 0.15) is 5.92 Å². The topological polar surface area (TPSA) is 114 Å². The maximum absolute atomic E-state index is 12.9. The SMILES string of the molecule is CC1=NC(=O)NC(c2cccc(Cl)c2)C1C(=O)Nc1ccc([N+](=O)[O-])cc1. The quantitative estimate of drug-likeness (QED) is 0.615. The van der Waals surface area contributed by atoms with Crippen molar-refractivity contribution in [1.29, 1.82) is 0 Å². The molecule has 0 saturated heterocycles. The molecule has 2 unspecified atom stereocenters. The number of nitrogens with one attached hydrogen (secondary N) is 2. The Balaban J connectivity index is 1.88. The minimum atomic E-state index is -0.753. The molecule has 0 aliphatic carbocycles. The third-order valence-electron chi connectivity index (χ3n) is 4.18. The van der Waals surface area contributed by atoms with Crippen LogP contribution in [0.3, 0.4) is 0 Å². The Bertz CT molecular complexity index is 943. The number of urea groups is 1. The zero-order valence-corrected chi connectivity index (χ0v) is 14.9. The van der Waals surface area contributed by atoms with Gasteiger partial charge in [0.15, 0.2) is 0 Å². The summed E-state index contributed by atoms with van der Waals surface area (Å²) in [6.07, 6.45) is 0. The predicted molar refractivity (Wildman–Crippen MR) is 101 cm³/mol. The number of non-ortho nitro benzene ring substituents is 1. The van der Waals surface area contributed by atoms with Crippen LogP contribution in [0.1, 0.15) is 18.5 Å². The highest BCUT2D eigenvalue weighted by molar-refractivity contribution is 6.30. The molecule has 2 aromatic carbocycles. The highest BCUT2D eigenvalue weighted by Gasteiger charge is 2.37. The molecule has 1 heterocycles. The first kappa shape index (κ1) is 18.5. The van der Waals surface area contributed by atoms with E-state index in [1.165, 1.54) is 24.3 Å². The van der Waals surface area contributed by atoms with Gasteiger partial charge in [0.25, 0.3) is 5.69 Å². The Morgan fingerprint density at radius 1 is 1.26 bits per heavy atom. The molecule has 138 valence electrons. The fourth-order valence-corrected chi connectivity index (χ4v) is 3.12. The van der Waals surface area contributed by atoms with Gasteiger partial charge in [-0.25, -0.2) is 9.79 Å². The fourth-order valence-electron chi connectivity index (χ4n) is 2.92. The molecule has 3 rings (SSSR count). The zero-order valence-electron chi connectivity index (χ0n) is 14.2. The van der Waals surface area contributed by atoms with Gasteiger partial charge in [-0.15, -0.1) is 0 Å². The normalized spacial score (nSPS) is 19.0. The summed E-state index contributed by atoms with van der Waals surface area (Å²) in [4.78, 5) is 38.8. The van der Waals surface area contributed by atoms with Gasteiger partial charge in [-0.3, -0.25) is 14.9 Å². The lowest BCUT2D eigenvalue weighted by Gasteiger charge is -2.30. The first-order valence-corrected chi connectivity index (χ1v) is 8.39. The van der Waals surface area contributed by atoms with E-state index in [0.29, 0.717) is 22.0 Å². The van der Waals surface area contributed by atoms with E-state index in [-0.39, 0.29) is 5.69 Å². The van der Waals surface area contributed by atoms with E-state index in [1.807, 2.05) is 0 Å². The smallest absolute Gasteiger partial charge is 0.328 e. The Morgan fingerprint density at radius 3 is 2.59 bits per heavy atom. The molecule has 3 amide bonds. The summed E-state index contributed by atoms with van der Waals surface area (Å²) < 4.78 is 0. The van der Waals surface area contributed by atoms with Crippen molar-refractivity contribution in [2.75, 3.05) is 5.32 Å².